The van der Waals surface area contributed by atoms with Crippen LogP contribution in [0.4, 0.5) is 0 Å². The molecule has 0 saturated carbocycles. The van der Waals surface area contributed by atoms with Crippen molar-refractivity contribution in [2.75, 3.05) is 13.7 Å². The number of aryl methyl sites for hydroxylation is 2. The van der Waals surface area contributed by atoms with Crippen LogP contribution in [-0.4, -0.2) is 19.5 Å². The Hall–Kier alpha value is -1.81. The zero-order valence-corrected chi connectivity index (χ0v) is 13.9. The smallest absolute Gasteiger partial charge is 0.200 e. The molecule has 0 aliphatic rings. The molecule has 0 N–H and O–H groups in total. The van der Waals surface area contributed by atoms with Crippen molar-refractivity contribution in [2.45, 2.75) is 13.8 Å². The van der Waals surface area contributed by atoms with Crippen molar-refractivity contribution in [1.29, 1.82) is 0 Å². The molecule has 0 heterocycles. The van der Waals surface area contributed by atoms with Gasteiger partial charge in [0.15, 0.2) is 12.4 Å². The first-order valence-electron chi connectivity index (χ1n) is 6.58. The van der Waals surface area contributed by atoms with Gasteiger partial charge < -0.3 is 9.47 Å². The van der Waals surface area contributed by atoms with Gasteiger partial charge in [0.1, 0.15) is 11.5 Å². The van der Waals surface area contributed by atoms with Crippen LogP contribution in [0, 0.1) is 13.8 Å². The van der Waals surface area contributed by atoms with Gasteiger partial charge in [-0.2, -0.15) is 0 Å². The minimum absolute atomic E-state index is 0.0183. The monoisotopic (exact) mass is 348 g/mol. The van der Waals surface area contributed by atoms with Crippen LogP contribution < -0.4 is 9.47 Å². The molecule has 2 aromatic carbocycles. The maximum Gasteiger partial charge on any atom is 0.200 e. The van der Waals surface area contributed by atoms with Crippen molar-refractivity contribution in [3.05, 3.63) is 57.6 Å². The summed E-state index contributed by atoms with van der Waals surface area (Å²) in [6.07, 6.45) is 0. The maximum absolute atomic E-state index is 12.2. The molecular formula is C17H17BrO3. The number of carbonyl (C=O) groups is 1. The molecule has 0 bridgehead atoms. The molecule has 0 aliphatic heterocycles. The SMILES string of the molecule is COc1ccc(C(=O)COc2c(C)cccc2C)cc1Br. The molecule has 2 rings (SSSR count). The standard InChI is InChI=1S/C17H17BrO3/c1-11-5-4-6-12(2)17(11)21-10-15(19)13-7-8-16(20-3)14(18)9-13/h4-9H,10H2,1-3H3. The minimum atomic E-state index is -0.0685. The third-order valence-electron chi connectivity index (χ3n) is 3.23. The summed E-state index contributed by atoms with van der Waals surface area (Å²) < 4.78 is 11.6. The van der Waals surface area contributed by atoms with Crippen LogP contribution in [0.3, 0.4) is 0 Å². The summed E-state index contributed by atoms with van der Waals surface area (Å²) in [7, 11) is 1.59. The van der Waals surface area contributed by atoms with Crippen LogP contribution in [0.1, 0.15) is 21.5 Å². The van der Waals surface area contributed by atoms with E-state index < -0.39 is 0 Å². The Morgan fingerprint density at radius 1 is 1.14 bits per heavy atom. The summed E-state index contributed by atoms with van der Waals surface area (Å²) in [5.74, 6) is 1.40. The molecule has 4 heteroatoms. The molecule has 0 saturated heterocycles. The molecule has 0 fully saturated rings. The number of benzene rings is 2. The molecule has 0 radical (unpaired) electrons. The number of hydrogen-bond donors (Lipinski definition) is 0. The van der Waals surface area contributed by atoms with Crippen molar-refractivity contribution in [3.63, 3.8) is 0 Å². The van der Waals surface area contributed by atoms with E-state index in [0.717, 1.165) is 21.3 Å². The molecule has 110 valence electrons. The minimum Gasteiger partial charge on any atom is -0.496 e. The van der Waals surface area contributed by atoms with Gasteiger partial charge in [0.25, 0.3) is 0 Å². The summed E-state index contributed by atoms with van der Waals surface area (Å²) in [4.78, 5) is 12.2. The highest BCUT2D eigenvalue weighted by Crippen LogP contribution is 2.26. The van der Waals surface area contributed by atoms with Crippen LogP contribution in [0.25, 0.3) is 0 Å². The lowest BCUT2D eigenvalue weighted by molar-refractivity contribution is 0.0920. The number of rotatable bonds is 5. The third kappa shape index (κ3) is 3.64. The van der Waals surface area contributed by atoms with Gasteiger partial charge in [0.05, 0.1) is 11.6 Å². The maximum atomic E-state index is 12.2. The number of ketones is 1. The predicted octanol–water partition coefficient (Wildman–Crippen LogP) is 4.34. The summed E-state index contributed by atoms with van der Waals surface area (Å²) in [6, 6.07) is 11.2. The number of halogens is 1. The van der Waals surface area contributed by atoms with Crippen LogP contribution in [0.5, 0.6) is 11.5 Å². The quantitative estimate of drug-likeness (QED) is 0.754. The average Bonchev–Trinajstić information content (AvgIpc) is 2.46. The van der Waals surface area contributed by atoms with Crippen LogP contribution >= 0.6 is 15.9 Å². The van der Waals surface area contributed by atoms with E-state index in [2.05, 4.69) is 15.9 Å². The fourth-order valence-electron chi connectivity index (χ4n) is 2.09. The van der Waals surface area contributed by atoms with Gasteiger partial charge >= 0.3 is 0 Å². The van der Waals surface area contributed by atoms with Gasteiger partial charge in [-0.1, -0.05) is 18.2 Å². The molecule has 0 amide bonds. The molecule has 3 nitrogen and oxygen atoms in total. The molecule has 0 aliphatic carbocycles. The average molecular weight is 349 g/mol. The number of carbonyl (C=O) groups excluding carboxylic acids is 1. The molecule has 0 unspecified atom stereocenters. The lowest BCUT2D eigenvalue weighted by atomic mass is 10.1. The number of para-hydroxylation sites is 1. The molecule has 0 aromatic heterocycles. The summed E-state index contributed by atoms with van der Waals surface area (Å²) in [5.41, 5.74) is 2.64. The van der Waals surface area contributed by atoms with Gasteiger partial charge in [0.2, 0.25) is 0 Å². The Morgan fingerprint density at radius 2 is 1.81 bits per heavy atom. The third-order valence-corrected chi connectivity index (χ3v) is 3.85. The second kappa shape index (κ2) is 6.76. The second-order valence-corrected chi connectivity index (χ2v) is 5.64. The molecule has 0 spiro atoms. The zero-order valence-electron chi connectivity index (χ0n) is 12.3. The number of Topliss-reactive ketones (excluding diaryl/α,β-unsaturated/α-hetero) is 1. The molecular weight excluding hydrogens is 332 g/mol. The topological polar surface area (TPSA) is 35.5 Å². The fourth-order valence-corrected chi connectivity index (χ4v) is 2.63. The summed E-state index contributed by atoms with van der Waals surface area (Å²) >= 11 is 3.38. The van der Waals surface area contributed by atoms with Crippen molar-refractivity contribution < 1.29 is 14.3 Å². The van der Waals surface area contributed by atoms with E-state index in [1.807, 2.05) is 32.0 Å². The first kappa shape index (κ1) is 15.6. The van der Waals surface area contributed by atoms with E-state index in [-0.39, 0.29) is 12.4 Å². The Balaban J connectivity index is 2.10. The highest BCUT2D eigenvalue weighted by molar-refractivity contribution is 9.10. The lowest BCUT2D eigenvalue weighted by Crippen LogP contribution is -2.12. The van der Waals surface area contributed by atoms with Gasteiger partial charge in [-0.3, -0.25) is 4.79 Å². The summed E-state index contributed by atoms with van der Waals surface area (Å²) in [5, 5.41) is 0. The van der Waals surface area contributed by atoms with E-state index in [1.165, 1.54) is 0 Å². The van der Waals surface area contributed by atoms with E-state index in [1.54, 1.807) is 25.3 Å². The van der Waals surface area contributed by atoms with E-state index >= 15 is 0 Å². The van der Waals surface area contributed by atoms with Crippen LogP contribution in [-0.2, 0) is 0 Å². The molecule has 2 aromatic rings. The van der Waals surface area contributed by atoms with E-state index in [9.17, 15) is 4.79 Å². The Kier molecular flexibility index (Phi) is 5.02. The number of ether oxygens (including phenoxy) is 2. The number of hydrogen-bond acceptors (Lipinski definition) is 3. The molecule has 21 heavy (non-hydrogen) atoms. The summed E-state index contributed by atoms with van der Waals surface area (Å²) in [6.45, 7) is 3.96. The second-order valence-electron chi connectivity index (χ2n) is 4.78. The van der Waals surface area contributed by atoms with Crippen LogP contribution in [0.15, 0.2) is 40.9 Å². The Bertz CT molecular complexity index is 645. The predicted molar refractivity (Wildman–Crippen MR) is 86.4 cm³/mol. The largest absolute Gasteiger partial charge is 0.496 e. The highest BCUT2D eigenvalue weighted by Gasteiger charge is 2.11. The van der Waals surface area contributed by atoms with Gasteiger partial charge in [0, 0.05) is 5.56 Å². The molecule has 0 atom stereocenters. The van der Waals surface area contributed by atoms with Crippen molar-refractivity contribution in [2.24, 2.45) is 0 Å². The Labute approximate surface area is 133 Å². The van der Waals surface area contributed by atoms with Crippen molar-refractivity contribution in [1.82, 2.24) is 0 Å². The van der Waals surface area contributed by atoms with Crippen molar-refractivity contribution >= 4 is 21.7 Å². The van der Waals surface area contributed by atoms with E-state index in [4.69, 9.17) is 9.47 Å². The van der Waals surface area contributed by atoms with Gasteiger partial charge in [-0.25, -0.2) is 0 Å². The first-order valence-corrected chi connectivity index (χ1v) is 7.38. The van der Waals surface area contributed by atoms with Crippen molar-refractivity contribution in [3.8, 4) is 11.5 Å². The van der Waals surface area contributed by atoms with Gasteiger partial charge in [-0.05, 0) is 59.1 Å². The normalized spacial score (nSPS) is 10.3. The van der Waals surface area contributed by atoms with Gasteiger partial charge in [-0.15, -0.1) is 0 Å². The lowest BCUT2D eigenvalue weighted by Gasteiger charge is -2.11. The van der Waals surface area contributed by atoms with Crippen LogP contribution in [0.2, 0.25) is 0 Å². The number of methoxy groups -OCH3 is 1. The fraction of sp³-hybridized carbons (Fsp3) is 0.235. The Morgan fingerprint density at radius 3 is 2.38 bits per heavy atom. The van der Waals surface area contributed by atoms with E-state index in [0.29, 0.717) is 11.3 Å². The highest BCUT2D eigenvalue weighted by atomic mass is 79.9. The zero-order chi connectivity index (χ0) is 15.4. The first-order chi connectivity index (χ1) is 10.0.